The van der Waals surface area contributed by atoms with Gasteiger partial charge in [-0.25, -0.2) is 19.2 Å². The van der Waals surface area contributed by atoms with Crippen molar-refractivity contribution in [3.8, 4) is 5.88 Å². The molecule has 0 fully saturated rings. The normalized spacial score (nSPS) is 21.8. The standard InChI is InChI=1S/C23H23ClF4N6O4/c1-21(11-37-22(2,19(29)33-21)23(26,27)28)17-13(25)4-5-16(31-17)32-20(35)38-18-12(24)10-15-14(30-18)6-7-34(15)8-9-36-3/h4-7,10H,8-9,11H2,1-3H3,(H2,29,33)(H,31,32,35). The van der Waals surface area contributed by atoms with Gasteiger partial charge in [-0.05, 0) is 38.1 Å². The largest absolute Gasteiger partial charge is 0.424 e. The number of fused-ring (bicyclic) bond motifs is 1. The molecule has 204 valence electrons. The number of aromatic nitrogens is 3. The smallest absolute Gasteiger partial charge is 0.389 e. The predicted octanol–water partition coefficient (Wildman–Crippen LogP) is 4.40. The van der Waals surface area contributed by atoms with E-state index in [0.717, 1.165) is 19.1 Å². The third-order valence-corrected chi connectivity index (χ3v) is 6.30. The highest BCUT2D eigenvalue weighted by atomic mass is 35.5. The summed E-state index contributed by atoms with van der Waals surface area (Å²) in [4.78, 5) is 24.7. The minimum atomic E-state index is -4.84. The van der Waals surface area contributed by atoms with E-state index in [-0.39, 0.29) is 16.7 Å². The first-order chi connectivity index (χ1) is 17.8. The maximum Gasteiger partial charge on any atom is 0.424 e. The summed E-state index contributed by atoms with van der Waals surface area (Å²) in [6.07, 6.45) is -4.10. The van der Waals surface area contributed by atoms with E-state index < -0.39 is 47.4 Å². The van der Waals surface area contributed by atoms with E-state index in [0.29, 0.717) is 24.2 Å². The topological polar surface area (TPSA) is 126 Å². The first kappa shape index (κ1) is 27.5. The number of nitrogens with zero attached hydrogens (tertiary/aromatic N) is 4. The number of amidine groups is 1. The maximum absolute atomic E-state index is 14.7. The number of anilines is 1. The van der Waals surface area contributed by atoms with Gasteiger partial charge < -0.3 is 24.5 Å². The van der Waals surface area contributed by atoms with Gasteiger partial charge in [0, 0.05) is 19.9 Å². The van der Waals surface area contributed by atoms with Crippen LogP contribution in [-0.4, -0.2) is 58.6 Å². The van der Waals surface area contributed by atoms with E-state index in [9.17, 15) is 22.4 Å². The zero-order valence-corrected chi connectivity index (χ0v) is 21.2. The molecule has 0 aromatic carbocycles. The van der Waals surface area contributed by atoms with Crippen molar-refractivity contribution in [2.75, 3.05) is 25.6 Å². The molecule has 4 heterocycles. The minimum Gasteiger partial charge on any atom is -0.389 e. The van der Waals surface area contributed by atoms with Gasteiger partial charge in [-0.2, -0.15) is 13.2 Å². The molecular formula is C23H23ClF4N6O4. The number of nitrogens with one attached hydrogen (secondary N) is 1. The van der Waals surface area contributed by atoms with Crippen LogP contribution in [0.3, 0.4) is 0 Å². The third kappa shape index (κ3) is 5.11. The number of aliphatic imine (C=N–C) groups is 1. The number of hydrogen-bond acceptors (Lipinski definition) is 8. The third-order valence-electron chi connectivity index (χ3n) is 6.02. The Morgan fingerprint density at radius 1 is 1.29 bits per heavy atom. The van der Waals surface area contributed by atoms with Crippen LogP contribution < -0.4 is 15.8 Å². The van der Waals surface area contributed by atoms with Crippen molar-refractivity contribution in [3.63, 3.8) is 0 Å². The number of pyridine rings is 2. The van der Waals surface area contributed by atoms with Crippen LogP contribution in [0.2, 0.25) is 5.02 Å². The van der Waals surface area contributed by atoms with Gasteiger partial charge in [0.2, 0.25) is 11.5 Å². The van der Waals surface area contributed by atoms with Gasteiger partial charge in [-0.3, -0.25) is 10.3 Å². The van der Waals surface area contributed by atoms with Crippen LogP contribution in [-0.2, 0) is 21.6 Å². The van der Waals surface area contributed by atoms with Crippen molar-refractivity contribution in [3.05, 3.63) is 47.0 Å². The lowest BCUT2D eigenvalue weighted by atomic mass is 9.93. The molecule has 0 spiro atoms. The number of amides is 1. The highest BCUT2D eigenvalue weighted by Gasteiger charge is 2.59. The molecule has 0 saturated heterocycles. The average Bonchev–Trinajstić information content (AvgIpc) is 3.22. The van der Waals surface area contributed by atoms with Crippen molar-refractivity contribution >= 4 is 40.4 Å². The fourth-order valence-electron chi connectivity index (χ4n) is 3.74. The Bertz CT molecular complexity index is 1410. The molecular weight excluding hydrogens is 536 g/mol. The summed E-state index contributed by atoms with van der Waals surface area (Å²) in [6.45, 7) is 2.40. The molecule has 1 aliphatic heterocycles. The Kier molecular flexibility index (Phi) is 7.25. The van der Waals surface area contributed by atoms with Gasteiger partial charge in [0.1, 0.15) is 33.7 Å². The summed E-state index contributed by atoms with van der Waals surface area (Å²) >= 11 is 6.25. The Morgan fingerprint density at radius 3 is 2.68 bits per heavy atom. The molecule has 38 heavy (non-hydrogen) atoms. The number of methoxy groups -OCH3 is 1. The number of alkyl halides is 3. The quantitative estimate of drug-likeness (QED) is 0.429. The molecule has 2 atom stereocenters. The zero-order valence-electron chi connectivity index (χ0n) is 20.4. The summed E-state index contributed by atoms with van der Waals surface area (Å²) in [5.74, 6) is -2.13. The fourth-order valence-corrected chi connectivity index (χ4v) is 3.93. The molecule has 3 aromatic heterocycles. The summed E-state index contributed by atoms with van der Waals surface area (Å²) in [7, 11) is 1.58. The molecule has 4 rings (SSSR count). The van der Waals surface area contributed by atoms with Crippen LogP contribution in [0.15, 0.2) is 35.5 Å². The van der Waals surface area contributed by atoms with E-state index in [2.05, 4.69) is 20.3 Å². The number of halogens is 5. The molecule has 1 amide bonds. The van der Waals surface area contributed by atoms with Crippen LogP contribution >= 0.6 is 11.6 Å². The number of ether oxygens (including phenoxy) is 3. The lowest BCUT2D eigenvalue weighted by molar-refractivity contribution is -0.249. The molecule has 10 nitrogen and oxygen atoms in total. The van der Waals surface area contributed by atoms with Crippen molar-refractivity contribution < 1.29 is 36.6 Å². The van der Waals surface area contributed by atoms with Crippen molar-refractivity contribution in [1.82, 2.24) is 14.5 Å². The fraction of sp³-hybridized carbons (Fsp3) is 0.391. The van der Waals surface area contributed by atoms with Gasteiger partial charge in [0.25, 0.3) is 0 Å². The van der Waals surface area contributed by atoms with Gasteiger partial charge in [0.15, 0.2) is 0 Å². The summed E-state index contributed by atoms with van der Waals surface area (Å²) < 4.78 is 72.1. The molecule has 2 unspecified atom stereocenters. The van der Waals surface area contributed by atoms with E-state index in [1.165, 1.54) is 6.92 Å². The Morgan fingerprint density at radius 2 is 2.03 bits per heavy atom. The van der Waals surface area contributed by atoms with Gasteiger partial charge in [0.05, 0.1) is 24.2 Å². The van der Waals surface area contributed by atoms with Crippen LogP contribution in [0.5, 0.6) is 5.88 Å². The molecule has 1 aliphatic rings. The van der Waals surface area contributed by atoms with E-state index in [1.54, 1.807) is 25.4 Å². The SMILES string of the molecule is COCCn1ccc2nc(OC(=O)Nc3ccc(F)c(C4(C)COC(C)(C(F)(F)F)C(N)=N4)n3)c(Cl)cc21. The van der Waals surface area contributed by atoms with Gasteiger partial charge >= 0.3 is 12.3 Å². The first-order valence-electron chi connectivity index (χ1n) is 11.1. The summed E-state index contributed by atoms with van der Waals surface area (Å²) in [5.41, 5.74) is 1.88. The van der Waals surface area contributed by atoms with E-state index in [4.69, 9.17) is 31.5 Å². The highest BCUT2D eigenvalue weighted by Crippen LogP contribution is 2.41. The molecule has 3 aromatic rings. The van der Waals surface area contributed by atoms with Gasteiger partial charge in [-0.15, -0.1) is 0 Å². The van der Waals surface area contributed by atoms with Crippen LogP contribution in [0.25, 0.3) is 11.0 Å². The molecule has 3 N–H and O–H groups in total. The predicted molar refractivity (Wildman–Crippen MR) is 130 cm³/mol. The Balaban J connectivity index is 1.54. The molecule has 0 aliphatic carbocycles. The van der Waals surface area contributed by atoms with Crippen molar-refractivity contribution in [2.24, 2.45) is 10.7 Å². The maximum atomic E-state index is 14.7. The monoisotopic (exact) mass is 558 g/mol. The first-order valence-corrected chi connectivity index (χ1v) is 11.5. The number of hydrogen-bond donors (Lipinski definition) is 2. The number of carbonyl (C=O) groups excluding carboxylic acids is 1. The zero-order chi connectivity index (χ0) is 27.9. The molecule has 0 bridgehead atoms. The second-order valence-corrected chi connectivity index (χ2v) is 9.22. The van der Waals surface area contributed by atoms with Crippen molar-refractivity contribution in [1.29, 1.82) is 0 Å². The summed E-state index contributed by atoms with van der Waals surface area (Å²) in [5, 5.41) is 2.37. The second-order valence-electron chi connectivity index (χ2n) is 8.81. The molecule has 15 heteroatoms. The Labute approximate surface area is 218 Å². The highest BCUT2D eigenvalue weighted by molar-refractivity contribution is 6.32. The lowest BCUT2D eigenvalue weighted by Gasteiger charge is -2.40. The number of nitrogens with two attached hydrogens (primary N) is 1. The van der Waals surface area contributed by atoms with Crippen molar-refractivity contribution in [2.45, 2.75) is 37.7 Å². The van der Waals surface area contributed by atoms with E-state index in [1.807, 2.05) is 4.57 Å². The Hall–Kier alpha value is -3.49. The lowest BCUT2D eigenvalue weighted by Crippen LogP contribution is -2.60. The number of carbonyl (C=O) groups is 1. The molecule has 0 radical (unpaired) electrons. The minimum absolute atomic E-state index is 0.0576. The van der Waals surface area contributed by atoms with Gasteiger partial charge in [-0.1, -0.05) is 11.6 Å². The van der Waals surface area contributed by atoms with Crippen LogP contribution in [0, 0.1) is 5.82 Å². The second kappa shape index (κ2) is 10.0. The number of rotatable bonds is 6. The van der Waals surface area contributed by atoms with Crippen LogP contribution in [0.1, 0.15) is 19.5 Å². The summed E-state index contributed by atoms with van der Waals surface area (Å²) in [6, 6.07) is 5.39. The van der Waals surface area contributed by atoms with Crippen LogP contribution in [0.4, 0.5) is 28.2 Å². The average molecular weight is 559 g/mol. The molecule has 0 saturated carbocycles. The van der Waals surface area contributed by atoms with E-state index >= 15 is 0 Å².